The van der Waals surface area contributed by atoms with Crippen LogP contribution in [-0.2, 0) is 21.0 Å². The van der Waals surface area contributed by atoms with Crippen molar-refractivity contribution in [1.82, 2.24) is 0 Å². The minimum Gasteiger partial charge on any atom is -0.497 e. The Labute approximate surface area is 209 Å². The van der Waals surface area contributed by atoms with E-state index in [1.165, 1.54) is 44.6 Å². The number of anilines is 2. The lowest BCUT2D eigenvalue weighted by Gasteiger charge is -2.25. The van der Waals surface area contributed by atoms with Crippen molar-refractivity contribution >= 4 is 33.0 Å². The summed E-state index contributed by atoms with van der Waals surface area (Å²) in [6.07, 6.45) is -4.58. The lowest BCUT2D eigenvalue weighted by atomic mass is 10.2. The number of nitro benzene ring substituents is 1. The first kappa shape index (κ1) is 27.3. The number of carbonyl (C=O) groups excluding carboxylic acids is 1. The molecule has 0 radical (unpaired) electrons. The molecule has 1 amide bonds. The molecule has 0 bridgehead atoms. The van der Waals surface area contributed by atoms with Gasteiger partial charge in [0.1, 0.15) is 18.0 Å². The molecule has 1 N–H and O–H groups in total. The fraction of sp³-hybridized carbons (Fsp3) is 0.174. The first-order valence-corrected chi connectivity index (χ1v) is 11.8. The summed E-state index contributed by atoms with van der Waals surface area (Å²) in [6, 6.07) is 12.1. The van der Waals surface area contributed by atoms with E-state index in [1.807, 2.05) is 0 Å². The Kier molecular flexibility index (Phi) is 7.91. The molecule has 196 valence electrons. The van der Waals surface area contributed by atoms with Gasteiger partial charge in [-0.1, -0.05) is 12.1 Å². The number of nitro groups is 1. The normalized spacial score (nSPS) is 11.5. The average Bonchev–Trinajstić information content (AvgIpc) is 2.86. The third kappa shape index (κ3) is 6.09. The van der Waals surface area contributed by atoms with Crippen molar-refractivity contribution < 1.29 is 40.8 Å². The molecule has 14 heteroatoms. The monoisotopic (exact) mass is 539 g/mol. The summed E-state index contributed by atoms with van der Waals surface area (Å²) in [4.78, 5) is 22.8. The summed E-state index contributed by atoms with van der Waals surface area (Å²) in [5, 5.41) is 13.8. The van der Waals surface area contributed by atoms with E-state index < -0.39 is 49.7 Å². The van der Waals surface area contributed by atoms with Crippen molar-refractivity contribution in [2.24, 2.45) is 0 Å². The molecule has 0 spiro atoms. The molecule has 0 aliphatic carbocycles. The van der Waals surface area contributed by atoms with Gasteiger partial charge in [0.05, 0.1) is 30.4 Å². The van der Waals surface area contributed by atoms with Gasteiger partial charge in [-0.15, -0.1) is 0 Å². The largest absolute Gasteiger partial charge is 0.497 e. The van der Waals surface area contributed by atoms with Crippen LogP contribution in [0.1, 0.15) is 5.56 Å². The van der Waals surface area contributed by atoms with Gasteiger partial charge in [-0.25, -0.2) is 8.42 Å². The Hall–Kier alpha value is -4.33. The van der Waals surface area contributed by atoms with Gasteiger partial charge in [-0.05, 0) is 42.5 Å². The highest BCUT2D eigenvalue weighted by Crippen LogP contribution is 2.37. The Morgan fingerprint density at radius 2 is 1.68 bits per heavy atom. The third-order valence-electron chi connectivity index (χ3n) is 5.07. The molecule has 0 atom stereocenters. The number of sulfonamides is 1. The number of ether oxygens (including phenoxy) is 2. The Morgan fingerprint density at radius 3 is 2.24 bits per heavy atom. The first-order valence-electron chi connectivity index (χ1n) is 10.3. The molecule has 3 aromatic carbocycles. The molecular formula is C23H20F3N3O7S. The van der Waals surface area contributed by atoms with E-state index in [0.717, 1.165) is 36.4 Å². The van der Waals surface area contributed by atoms with Crippen LogP contribution in [0.5, 0.6) is 11.5 Å². The maximum absolute atomic E-state index is 13.7. The zero-order chi connectivity index (χ0) is 27.4. The smallest absolute Gasteiger partial charge is 0.416 e. The van der Waals surface area contributed by atoms with Gasteiger partial charge >= 0.3 is 6.18 Å². The number of hydrogen-bond donors (Lipinski definition) is 1. The van der Waals surface area contributed by atoms with E-state index in [-0.39, 0.29) is 17.1 Å². The number of carbonyl (C=O) groups is 1. The Bertz CT molecular complexity index is 1410. The lowest BCUT2D eigenvalue weighted by molar-refractivity contribution is -0.387. The number of para-hydroxylation sites is 1. The van der Waals surface area contributed by atoms with Crippen LogP contribution in [0.25, 0.3) is 0 Å². The van der Waals surface area contributed by atoms with E-state index in [2.05, 4.69) is 5.32 Å². The predicted molar refractivity (Wildman–Crippen MR) is 127 cm³/mol. The summed E-state index contributed by atoms with van der Waals surface area (Å²) in [6.45, 7) is -0.891. The second kappa shape index (κ2) is 10.7. The van der Waals surface area contributed by atoms with Crippen LogP contribution >= 0.6 is 0 Å². The number of rotatable bonds is 9. The van der Waals surface area contributed by atoms with Crippen LogP contribution in [-0.4, -0.2) is 40.0 Å². The minimum absolute atomic E-state index is 0.0242. The molecule has 0 aromatic heterocycles. The first-order chi connectivity index (χ1) is 17.4. The fourth-order valence-electron chi connectivity index (χ4n) is 3.31. The summed E-state index contributed by atoms with van der Waals surface area (Å²) in [7, 11) is -2.12. The van der Waals surface area contributed by atoms with Crippen molar-refractivity contribution in [3.8, 4) is 11.5 Å². The van der Waals surface area contributed by atoms with Crippen molar-refractivity contribution in [3.63, 3.8) is 0 Å². The molecule has 0 saturated carbocycles. The molecule has 0 heterocycles. The maximum Gasteiger partial charge on any atom is 0.416 e. The number of hydrogen-bond acceptors (Lipinski definition) is 7. The van der Waals surface area contributed by atoms with Gasteiger partial charge in [0, 0.05) is 17.8 Å². The lowest BCUT2D eigenvalue weighted by Crippen LogP contribution is -2.38. The van der Waals surface area contributed by atoms with Crippen LogP contribution in [0, 0.1) is 10.1 Å². The number of amides is 1. The Balaban J connectivity index is 2.05. The summed E-state index contributed by atoms with van der Waals surface area (Å²) >= 11 is 0. The van der Waals surface area contributed by atoms with Crippen LogP contribution in [0.2, 0.25) is 0 Å². The van der Waals surface area contributed by atoms with E-state index in [9.17, 15) is 36.5 Å². The molecule has 0 fully saturated rings. The molecular weight excluding hydrogens is 519 g/mol. The van der Waals surface area contributed by atoms with E-state index in [0.29, 0.717) is 10.1 Å². The van der Waals surface area contributed by atoms with Crippen molar-refractivity contribution in [2.75, 3.05) is 30.4 Å². The van der Waals surface area contributed by atoms with Gasteiger partial charge in [0.25, 0.3) is 15.7 Å². The minimum atomic E-state index is -4.73. The second-order valence-corrected chi connectivity index (χ2v) is 9.23. The summed E-state index contributed by atoms with van der Waals surface area (Å²) in [5.74, 6) is -0.651. The number of alkyl halides is 3. The van der Waals surface area contributed by atoms with Gasteiger partial charge in [-0.2, -0.15) is 13.2 Å². The highest BCUT2D eigenvalue weighted by Gasteiger charge is 2.35. The number of halogens is 3. The quantitative estimate of drug-likeness (QED) is 0.314. The predicted octanol–water partition coefficient (Wildman–Crippen LogP) is 4.46. The highest BCUT2D eigenvalue weighted by molar-refractivity contribution is 7.93. The van der Waals surface area contributed by atoms with E-state index in [4.69, 9.17) is 9.47 Å². The van der Waals surface area contributed by atoms with Crippen LogP contribution in [0.3, 0.4) is 0 Å². The van der Waals surface area contributed by atoms with Crippen molar-refractivity contribution in [2.45, 2.75) is 11.1 Å². The topological polar surface area (TPSA) is 128 Å². The second-order valence-electron chi connectivity index (χ2n) is 7.40. The maximum atomic E-state index is 13.7. The SMILES string of the molecule is COc1ccc(N(CC(=O)Nc2ccc(C(F)(F)F)cc2)S(=O)(=O)c2ccccc2[N+](=O)[O-])c(OC)c1. The molecule has 3 aromatic rings. The standard InChI is InChI=1S/C23H20F3N3O7S/c1-35-17-11-12-18(20(13-17)36-2)28(37(33,34)21-6-4-3-5-19(21)29(31)32)14-22(30)27-16-9-7-15(8-10-16)23(24,25)26/h3-13H,14H2,1-2H3,(H,27,30). The van der Waals surface area contributed by atoms with Gasteiger partial charge in [0.15, 0.2) is 4.90 Å². The summed E-state index contributed by atoms with van der Waals surface area (Å²) in [5.41, 5.74) is -1.82. The molecule has 3 rings (SSSR count). The molecule has 0 unspecified atom stereocenters. The highest BCUT2D eigenvalue weighted by atomic mass is 32.2. The van der Waals surface area contributed by atoms with Crippen molar-refractivity contribution in [1.29, 1.82) is 0 Å². The van der Waals surface area contributed by atoms with Crippen LogP contribution < -0.4 is 19.1 Å². The number of nitrogens with one attached hydrogen (secondary N) is 1. The molecule has 10 nitrogen and oxygen atoms in total. The zero-order valence-corrected chi connectivity index (χ0v) is 20.2. The van der Waals surface area contributed by atoms with E-state index >= 15 is 0 Å². The molecule has 0 aliphatic heterocycles. The summed E-state index contributed by atoms with van der Waals surface area (Å²) < 4.78 is 76.7. The number of benzene rings is 3. The molecule has 37 heavy (non-hydrogen) atoms. The van der Waals surface area contributed by atoms with Gasteiger partial charge in [-0.3, -0.25) is 19.2 Å². The van der Waals surface area contributed by atoms with E-state index in [1.54, 1.807) is 0 Å². The zero-order valence-electron chi connectivity index (χ0n) is 19.4. The van der Waals surface area contributed by atoms with Crippen molar-refractivity contribution in [3.05, 3.63) is 82.4 Å². The molecule has 0 saturated heterocycles. The average molecular weight is 539 g/mol. The number of methoxy groups -OCH3 is 2. The van der Waals surface area contributed by atoms with Crippen LogP contribution in [0.15, 0.2) is 71.6 Å². The van der Waals surface area contributed by atoms with Gasteiger partial charge < -0.3 is 14.8 Å². The molecule has 0 aliphatic rings. The van der Waals surface area contributed by atoms with Gasteiger partial charge in [0.2, 0.25) is 5.91 Å². The number of nitrogens with zero attached hydrogens (tertiary/aromatic N) is 2. The van der Waals surface area contributed by atoms with Crippen LogP contribution in [0.4, 0.5) is 30.2 Å². The third-order valence-corrected chi connectivity index (χ3v) is 6.88. The fourth-order valence-corrected chi connectivity index (χ4v) is 4.90. The Morgan fingerprint density at radius 1 is 1.03 bits per heavy atom.